The van der Waals surface area contributed by atoms with Gasteiger partial charge in [0.05, 0.1) is 27.6 Å². The summed E-state index contributed by atoms with van der Waals surface area (Å²) >= 11 is 1.88. The molecule has 0 N–H and O–H groups in total. The van der Waals surface area contributed by atoms with Crippen LogP contribution < -0.4 is 0 Å². The maximum absolute atomic E-state index is 6.71. The second-order valence-corrected chi connectivity index (χ2v) is 16.7. The number of hydrogen-bond donors (Lipinski definition) is 0. The van der Waals surface area contributed by atoms with Crippen molar-refractivity contribution in [2.24, 2.45) is 0 Å². The molecular formula is C52H26N4OS. The Morgan fingerprint density at radius 2 is 1.05 bits per heavy atom. The molecule has 0 bridgehead atoms. The average Bonchev–Trinajstić information content (AvgIpc) is 4.01. The van der Waals surface area contributed by atoms with Gasteiger partial charge in [-0.15, -0.1) is 11.3 Å². The predicted octanol–water partition coefficient (Wildman–Crippen LogP) is 14.4. The van der Waals surface area contributed by atoms with E-state index in [1.807, 2.05) is 23.5 Å². The predicted molar refractivity (Wildman–Crippen MR) is 243 cm³/mol. The molecule has 6 aromatic heterocycles. The monoisotopic (exact) mass is 754 g/mol. The van der Waals surface area contributed by atoms with E-state index in [9.17, 15) is 0 Å². The maximum atomic E-state index is 6.71. The number of nitrogens with zero attached hydrogens (tertiary/aromatic N) is 4. The quantitative estimate of drug-likeness (QED) is 0.165. The van der Waals surface area contributed by atoms with Crippen LogP contribution in [0.3, 0.4) is 0 Å². The number of para-hydroxylation sites is 2. The van der Waals surface area contributed by atoms with Crippen molar-refractivity contribution >= 4 is 135 Å². The van der Waals surface area contributed by atoms with E-state index in [2.05, 4.69) is 155 Å². The van der Waals surface area contributed by atoms with Crippen LogP contribution >= 0.6 is 11.3 Å². The van der Waals surface area contributed by atoms with Crippen LogP contribution in [-0.2, 0) is 0 Å². The highest BCUT2D eigenvalue weighted by Gasteiger charge is 2.27. The number of aromatic nitrogens is 4. The fraction of sp³-hybridized carbons (Fsp3) is 0. The Kier molecular flexibility index (Phi) is 5.25. The van der Waals surface area contributed by atoms with Gasteiger partial charge in [-0.2, -0.15) is 0 Å². The van der Waals surface area contributed by atoms with Gasteiger partial charge >= 0.3 is 0 Å². The van der Waals surface area contributed by atoms with Crippen LogP contribution in [0.4, 0.5) is 0 Å². The van der Waals surface area contributed by atoms with Gasteiger partial charge in [0.1, 0.15) is 16.8 Å². The fourth-order valence-corrected chi connectivity index (χ4v) is 11.6. The summed E-state index contributed by atoms with van der Waals surface area (Å²) in [6.45, 7) is 0. The summed E-state index contributed by atoms with van der Waals surface area (Å²) in [7, 11) is 0. The lowest BCUT2D eigenvalue weighted by Crippen LogP contribution is -2.03. The van der Waals surface area contributed by atoms with Crippen LogP contribution in [0, 0.1) is 0 Å². The second kappa shape index (κ2) is 10.2. The zero-order chi connectivity index (χ0) is 37.4. The van der Waals surface area contributed by atoms with Crippen molar-refractivity contribution in [2.75, 3.05) is 0 Å². The van der Waals surface area contributed by atoms with Gasteiger partial charge in [0.25, 0.3) is 0 Å². The molecule has 0 spiro atoms. The van der Waals surface area contributed by atoms with Gasteiger partial charge in [-0.1, -0.05) is 103 Å². The van der Waals surface area contributed by atoms with Crippen molar-refractivity contribution in [1.82, 2.24) is 18.9 Å². The molecule has 9 aromatic carbocycles. The molecule has 0 aliphatic rings. The Hall–Kier alpha value is -7.54. The second-order valence-electron chi connectivity index (χ2n) is 15.6. The topological polar surface area (TPSA) is 48.3 Å². The molecule has 0 fully saturated rings. The number of hydrogen-bond acceptors (Lipinski definition) is 4. The standard InChI is InChI=1S/C52H26N4OS/c1-2-12-30-28(10-1)29-11-3-4-13-31(29)36-26-27(20-21-32(30)36)48-51-49(35-15-6-8-19-41(35)57-51)54-52(53-48)56-39-18-9-17-38-44(39)45-40(56)23-25-42-46(45)47-43(58-42)24-22-34-33-14-5-7-16-37(33)55(38)50(34)47/h1-26H. The van der Waals surface area contributed by atoms with E-state index in [-0.39, 0.29) is 0 Å². The Balaban J connectivity index is 1.11. The zero-order valence-electron chi connectivity index (χ0n) is 30.6. The molecule has 0 saturated heterocycles. The van der Waals surface area contributed by atoms with Crippen molar-refractivity contribution in [1.29, 1.82) is 0 Å². The zero-order valence-corrected chi connectivity index (χ0v) is 31.4. The first-order chi connectivity index (χ1) is 28.8. The van der Waals surface area contributed by atoms with Crippen LogP contribution in [0.5, 0.6) is 0 Å². The first-order valence-corrected chi connectivity index (χ1v) is 20.5. The number of fused-ring (bicyclic) bond motifs is 13. The molecule has 266 valence electrons. The van der Waals surface area contributed by atoms with E-state index in [1.165, 1.54) is 90.6 Å². The van der Waals surface area contributed by atoms with Crippen molar-refractivity contribution in [2.45, 2.75) is 0 Å². The molecule has 0 amide bonds. The van der Waals surface area contributed by atoms with Gasteiger partial charge in [0.15, 0.2) is 5.58 Å². The molecule has 0 saturated carbocycles. The summed E-state index contributed by atoms with van der Waals surface area (Å²) in [5.41, 5.74) is 9.90. The number of rotatable bonds is 2. The molecule has 0 unspecified atom stereocenters. The fourth-order valence-electron chi connectivity index (χ4n) is 10.5. The summed E-state index contributed by atoms with van der Waals surface area (Å²) in [4.78, 5) is 11.0. The third kappa shape index (κ3) is 3.47. The van der Waals surface area contributed by atoms with E-state index in [0.717, 1.165) is 38.8 Å². The third-order valence-electron chi connectivity index (χ3n) is 12.8. The summed E-state index contributed by atoms with van der Waals surface area (Å²) in [6.07, 6.45) is 0. The normalized spacial score (nSPS) is 12.8. The number of thiophene rings is 1. The van der Waals surface area contributed by atoms with Gasteiger partial charge in [-0.25, -0.2) is 9.97 Å². The van der Waals surface area contributed by atoms with Crippen molar-refractivity contribution in [3.63, 3.8) is 0 Å². The summed E-state index contributed by atoms with van der Waals surface area (Å²) in [5.74, 6) is 0.622. The van der Waals surface area contributed by atoms with E-state index in [0.29, 0.717) is 11.5 Å². The molecule has 0 aliphatic heterocycles. The van der Waals surface area contributed by atoms with Crippen molar-refractivity contribution in [3.8, 4) is 17.2 Å². The molecule has 6 heterocycles. The van der Waals surface area contributed by atoms with Crippen LogP contribution in [0.1, 0.15) is 0 Å². The van der Waals surface area contributed by atoms with Crippen LogP contribution in [0.15, 0.2) is 162 Å². The molecule has 5 nitrogen and oxygen atoms in total. The first kappa shape index (κ1) is 29.7. The van der Waals surface area contributed by atoms with Gasteiger partial charge in [-0.3, -0.25) is 4.57 Å². The van der Waals surface area contributed by atoms with E-state index < -0.39 is 0 Å². The molecule has 6 heteroatoms. The van der Waals surface area contributed by atoms with E-state index in [4.69, 9.17) is 14.4 Å². The largest absolute Gasteiger partial charge is 0.452 e. The number of benzene rings is 9. The lowest BCUT2D eigenvalue weighted by molar-refractivity contribution is 0.666. The molecule has 0 atom stereocenters. The Morgan fingerprint density at radius 3 is 1.88 bits per heavy atom. The minimum Gasteiger partial charge on any atom is -0.452 e. The molecule has 0 radical (unpaired) electrons. The van der Waals surface area contributed by atoms with Crippen molar-refractivity contribution < 1.29 is 4.42 Å². The van der Waals surface area contributed by atoms with E-state index >= 15 is 0 Å². The maximum Gasteiger partial charge on any atom is 0.236 e. The van der Waals surface area contributed by atoms with E-state index in [1.54, 1.807) is 0 Å². The average molecular weight is 755 g/mol. The minimum absolute atomic E-state index is 0.622. The minimum atomic E-state index is 0.622. The number of furan rings is 1. The Bertz CT molecular complexity index is 4240. The summed E-state index contributed by atoms with van der Waals surface area (Å²) < 4.78 is 14.1. The molecule has 15 aromatic rings. The lowest BCUT2D eigenvalue weighted by atomic mass is 9.93. The van der Waals surface area contributed by atoms with Gasteiger partial charge in [0.2, 0.25) is 5.95 Å². The highest BCUT2D eigenvalue weighted by molar-refractivity contribution is 7.26. The molecular weight excluding hydrogens is 729 g/mol. The first-order valence-electron chi connectivity index (χ1n) is 19.7. The highest BCUT2D eigenvalue weighted by atomic mass is 32.1. The molecule has 0 aliphatic carbocycles. The third-order valence-corrected chi connectivity index (χ3v) is 14.0. The van der Waals surface area contributed by atoms with Crippen LogP contribution in [0.25, 0.3) is 141 Å². The lowest BCUT2D eigenvalue weighted by Gasteiger charge is -2.13. The summed E-state index contributed by atoms with van der Waals surface area (Å²) in [5, 5.41) is 16.0. The Labute approximate surface area is 331 Å². The smallest absolute Gasteiger partial charge is 0.236 e. The van der Waals surface area contributed by atoms with Gasteiger partial charge in [-0.05, 0) is 86.9 Å². The van der Waals surface area contributed by atoms with Crippen LogP contribution in [-0.4, -0.2) is 18.9 Å². The summed E-state index contributed by atoms with van der Waals surface area (Å²) in [6, 6.07) is 57.2. The van der Waals surface area contributed by atoms with Crippen molar-refractivity contribution in [3.05, 3.63) is 158 Å². The molecule has 15 rings (SSSR count). The highest BCUT2D eigenvalue weighted by Crippen LogP contribution is 2.50. The Morgan fingerprint density at radius 1 is 0.431 bits per heavy atom. The molecule has 58 heavy (non-hydrogen) atoms. The van der Waals surface area contributed by atoms with Crippen LogP contribution in [0.2, 0.25) is 0 Å². The SMILES string of the molecule is c1ccc2c(c1)oc1c(-c3ccc4c5ccccc5c5ccccc5c4c3)nc(-n3c4ccc5sc6ccc7c8ccccc8n8c9cccc3c9c4c5c6c78)nc12. The van der Waals surface area contributed by atoms with Gasteiger partial charge < -0.3 is 8.82 Å². The van der Waals surface area contributed by atoms with Gasteiger partial charge in [0, 0.05) is 52.7 Å².